The van der Waals surface area contributed by atoms with Crippen LogP contribution < -0.4 is 5.69 Å². The van der Waals surface area contributed by atoms with Crippen molar-refractivity contribution < 1.29 is 4.74 Å². The fourth-order valence-electron chi connectivity index (χ4n) is 0.720. The number of nitrogens with one attached hydrogen (secondary N) is 2. The molecular weight excluding hydrogens is 166 g/mol. The molecule has 5 nitrogen and oxygen atoms in total. The molecule has 1 rings (SSSR count). The maximum absolute atomic E-state index is 10.9. The topological polar surface area (TPSA) is 62.8 Å². The number of nitrogens with zero attached hydrogens (tertiary/aromatic N) is 1. The van der Waals surface area contributed by atoms with E-state index in [-0.39, 0.29) is 5.69 Å². The zero-order chi connectivity index (χ0) is 8.27. The van der Waals surface area contributed by atoms with Gasteiger partial charge in [-0.05, 0) is 12.2 Å². The summed E-state index contributed by atoms with van der Waals surface area (Å²) < 4.78 is 6.59. The molecule has 0 amide bonds. The number of methoxy groups -OCH3 is 1. The van der Waals surface area contributed by atoms with E-state index in [0.717, 1.165) is 0 Å². The first-order valence-electron chi connectivity index (χ1n) is 3.12. The van der Waals surface area contributed by atoms with Crippen LogP contribution in [0, 0.1) is 4.77 Å². The Kier molecular flexibility index (Phi) is 2.61. The zero-order valence-electron chi connectivity index (χ0n) is 6.09. The molecule has 62 valence electrons. The molecule has 0 radical (unpaired) electrons. The van der Waals surface area contributed by atoms with Gasteiger partial charge in [0.1, 0.15) is 0 Å². The highest BCUT2D eigenvalue weighted by molar-refractivity contribution is 7.71. The minimum Gasteiger partial charge on any atom is -0.383 e. The highest BCUT2D eigenvalue weighted by Crippen LogP contribution is 1.81. The minimum atomic E-state index is -0.230. The van der Waals surface area contributed by atoms with Gasteiger partial charge in [0.2, 0.25) is 0 Å². The molecule has 0 saturated carbocycles. The van der Waals surface area contributed by atoms with Crippen LogP contribution in [-0.4, -0.2) is 28.5 Å². The first-order chi connectivity index (χ1) is 5.25. The van der Waals surface area contributed by atoms with Gasteiger partial charge in [-0.15, -0.1) is 0 Å². The van der Waals surface area contributed by atoms with Gasteiger partial charge in [0.15, 0.2) is 4.77 Å². The number of aromatic nitrogens is 3. The average Bonchev–Trinajstić information content (AvgIpc) is 2.29. The molecule has 0 aliphatic carbocycles. The molecule has 0 unspecified atom stereocenters. The zero-order valence-corrected chi connectivity index (χ0v) is 6.90. The number of ether oxygens (including phenoxy) is 1. The maximum atomic E-state index is 10.9. The van der Waals surface area contributed by atoms with Gasteiger partial charge in [0.25, 0.3) is 0 Å². The fraction of sp³-hybridized carbons (Fsp3) is 0.600. The van der Waals surface area contributed by atoms with Crippen LogP contribution in [0.3, 0.4) is 0 Å². The summed E-state index contributed by atoms with van der Waals surface area (Å²) in [5.41, 5.74) is -0.230. The largest absolute Gasteiger partial charge is 0.383 e. The Morgan fingerprint density at radius 2 is 2.36 bits per heavy atom. The molecule has 1 aromatic rings. The number of aromatic amines is 2. The Hall–Kier alpha value is -0.880. The molecule has 0 atom stereocenters. The number of hydrogen-bond donors (Lipinski definition) is 2. The van der Waals surface area contributed by atoms with Crippen LogP contribution in [0.4, 0.5) is 0 Å². The minimum absolute atomic E-state index is 0.230. The Balaban J connectivity index is 2.84. The van der Waals surface area contributed by atoms with Crippen molar-refractivity contribution in [3.8, 4) is 0 Å². The third kappa shape index (κ3) is 1.78. The van der Waals surface area contributed by atoms with E-state index < -0.39 is 0 Å². The molecule has 1 aromatic heterocycles. The van der Waals surface area contributed by atoms with Gasteiger partial charge >= 0.3 is 5.69 Å². The molecule has 6 heteroatoms. The van der Waals surface area contributed by atoms with Crippen LogP contribution in [0.2, 0.25) is 0 Å². The van der Waals surface area contributed by atoms with Crippen LogP contribution in [0.1, 0.15) is 0 Å². The lowest BCUT2D eigenvalue weighted by Crippen LogP contribution is -2.19. The van der Waals surface area contributed by atoms with Crippen molar-refractivity contribution in [2.75, 3.05) is 13.7 Å². The van der Waals surface area contributed by atoms with E-state index in [4.69, 9.17) is 17.0 Å². The van der Waals surface area contributed by atoms with Gasteiger partial charge in [-0.25, -0.2) is 9.89 Å². The van der Waals surface area contributed by atoms with Crippen LogP contribution >= 0.6 is 12.2 Å². The highest BCUT2D eigenvalue weighted by atomic mass is 32.1. The fourth-order valence-corrected chi connectivity index (χ4v) is 0.945. The smallest absolute Gasteiger partial charge is 0.342 e. The molecule has 0 bridgehead atoms. The van der Waals surface area contributed by atoms with Crippen molar-refractivity contribution >= 4 is 12.2 Å². The first kappa shape index (κ1) is 8.22. The Labute approximate surface area is 68.0 Å². The summed E-state index contributed by atoms with van der Waals surface area (Å²) >= 11 is 4.81. The summed E-state index contributed by atoms with van der Waals surface area (Å²) in [5.74, 6) is 0. The van der Waals surface area contributed by atoms with Crippen molar-refractivity contribution in [3.63, 3.8) is 0 Å². The number of hydrogen-bond acceptors (Lipinski definition) is 3. The predicted octanol–water partition coefficient (Wildman–Crippen LogP) is -0.120. The van der Waals surface area contributed by atoms with E-state index in [0.29, 0.717) is 17.9 Å². The summed E-state index contributed by atoms with van der Waals surface area (Å²) in [6.07, 6.45) is 0. The van der Waals surface area contributed by atoms with E-state index in [1.807, 2.05) is 0 Å². The summed E-state index contributed by atoms with van der Waals surface area (Å²) in [6, 6.07) is 0. The Morgan fingerprint density at radius 1 is 1.64 bits per heavy atom. The molecule has 1 heterocycles. The lowest BCUT2D eigenvalue weighted by Gasteiger charge is -1.96. The van der Waals surface area contributed by atoms with E-state index in [1.54, 1.807) is 7.11 Å². The Bertz CT molecular complexity index is 295. The summed E-state index contributed by atoms with van der Waals surface area (Å²) in [6.45, 7) is 0.962. The molecule has 0 aliphatic rings. The molecule has 11 heavy (non-hydrogen) atoms. The summed E-state index contributed by atoms with van der Waals surface area (Å²) in [4.78, 5) is 10.9. The van der Waals surface area contributed by atoms with Gasteiger partial charge in [0, 0.05) is 7.11 Å². The van der Waals surface area contributed by atoms with Gasteiger partial charge < -0.3 is 4.74 Å². The van der Waals surface area contributed by atoms with E-state index in [1.165, 1.54) is 4.57 Å². The maximum Gasteiger partial charge on any atom is 0.342 e. The first-order valence-corrected chi connectivity index (χ1v) is 3.53. The van der Waals surface area contributed by atoms with Crippen molar-refractivity contribution in [1.29, 1.82) is 0 Å². The Morgan fingerprint density at radius 3 is 2.82 bits per heavy atom. The molecule has 0 aromatic carbocycles. The standard InChI is InChI=1S/C5H9N3O2S/c1-10-3-2-8-4(9)6-7-5(8)11/h2-3H2,1H3,(H,6,9)(H,7,11). The summed E-state index contributed by atoms with van der Waals surface area (Å²) in [5, 5.41) is 4.90. The molecular formula is C5H9N3O2S. The van der Waals surface area contributed by atoms with Gasteiger partial charge in [0.05, 0.1) is 13.2 Å². The van der Waals surface area contributed by atoms with Crippen LogP contribution in [0.15, 0.2) is 4.79 Å². The molecule has 0 saturated heterocycles. The SMILES string of the molecule is COCCn1c(=O)[nH][nH]c1=S. The van der Waals surface area contributed by atoms with E-state index in [2.05, 4.69) is 10.2 Å². The highest BCUT2D eigenvalue weighted by Gasteiger charge is 1.97. The molecule has 0 aliphatic heterocycles. The van der Waals surface area contributed by atoms with E-state index >= 15 is 0 Å². The van der Waals surface area contributed by atoms with Crippen molar-refractivity contribution in [2.45, 2.75) is 6.54 Å². The van der Waals surface area contributed by atoms with Gasteiger partial charge in [-0.3, -0.25) is 9.67 Å². The molecule has 2 N–H and O–H groups in total. The van der Waals surface area contributed by atoms with Crippen molar-refractivity contribution in [1.82, 2.24) is 14.8 Å². The van der Waals surface area contributed by atoms with E-state index in [9.17, 15) is 4.79 Å². The van der Waals surface area contributed by atoms with Gasteiger partial charge in [-0.1, -0.05) is 0 Å². The predicted molar refractivity (Wildman–Crippen MR) is 42.1 cm³/mol. The van der Waals surface area contributed by atoms with Crippen LogP contribution in [0.25, 0.3) is 0 Å². The third-order valence-corrected chi connectivity index (χ3v) is 1.61. The second-order valence-electron chi connectivity index (χ2n) is 2.00. The monoisotopic (exact) mass is 175 g/mol. The molecule has 0 spiro atoms. The number of rotatable bonds is 3. The average molecular weight is 175 g/mol. The summed E-state index contributed by atoms with van der Waals surface area (Å²) in [7, 11) is 1.57. The van der Waals surface area contributed by atoms with Gasteiger partial charge in [-0.2, -0.15) is 0 Å². The second-order valence-corrected chi connectivity index (χ2v) is 2.39. The quantitative estimate of drug-likeness (QED) is 0.629. The van der Waals surface area contributed by atoms with Crippen LogP contribution in [-0.2, 0) is 11.3 Å². The molecule has 0 fully saturated rings. The lowest BCUT2D eigenvalue weighted by atomic mass is 10.7. The number of H-pyrrole nitrogens is 2. The van der Waals surface area contributed by atoms with Crippen molar-refractivity contribution in [3.05, 3.63) is 15.3 Å². The van der Waals surface area contributed by atoms with Crippen molar-refractivity contribution in [2.24, 2.45) is 0 Å². The van der Waals surface area contributed by atoms with Crippen LogP contribution in [0.5, 0.6) is 0 Å². The second kappa shape index (κ2) is 3.49. The normalized spacial score (nSPS) is 10.3. The lowest BCUT2D eigenvalue weighted by molar-refractivity contribution is 0.186. The third-order valence-electron chi connectivity index (χ3n) is 1.29.